The van der Waals surface area contributed by atoms with Crippen LogP contribution >= 0.6 is 0 Å². The van der Waals surface area contributed by atoms with Crippen molar-refractivity contribution in [3.63, 3.8) is 0 Å². The molecule has 0 amide bonds. The summed E-state index contributed by atoms with van der Waals surface area (Å²) >= 11 is 0. The van der Waals surface area contributed by atoms with Crippen molar-refractivity contribution in [1.29, 1.82) is 0 Å². The fourth-order valence-corrected chi connectivity index (χ4v) is 3.77. The highest BCUT2D eigenvalue weighted by atomic mass is 32.2. The Hall–Kier alpha value is -0.920. The first kappa shape index (κ1) is 15.5. The maximum atomic E-state index is 12.2. The molecule has 7 heteroatoms. The molecular formula is C13H23N3O3S. The van der Waals surface area contributed by atoms with Gasteiger partial charge >= 0.3 is 0 Å². The van der Waals surface area contributed by atoms with Gasteiger partial charge in [-0.3, -0.25) is 0 Å². The Morgan fingerprint density at radius 3 is 2.65 bits per heavy atom. The summed E-state index contributed by atoms with van der Waals surface area (Å²) in [4.78, 5) is 6.81. The molecule has 0 aromatic carbocycles. The van der Waals surface area contributed by atoms with Gasteiger partial charge in [0.05, 0.1) is 6.20 Å². The molecule has 0 unspecified atom stereocenters. The lowest BCUT2D eigenvalue weighted by Crippen LogP contribution is -2.41. The lowest BCUT2D eigenvalue weighted by atomic mass is 9.75. The van der Waals surface area contributed by atoms with E-state index in [1.807, 2.05) is 6.92 Å². The van der Waals surface area contributed by atoms with Crippen molar-refractivity contribution in [2.75, 3.05) is 13.2 Å². The van der Waals surface area contributed by atoms with Gasteiger partial charge in [-0.15, -0.1) is 0 Å². The number of aliphatic hydroxyl groups is 1. The molecule has 1 saturated carbocycles. The summed E-state index contributed by atoms with van der Waals surface area (Å²) in [5.41, 5.74) is -0.307. The van der Waals surface area contributed by atoms with E-state index in [0.29, 0.717) is 12.2 Å². The predicted octanol–water partition coefficient (Wildman–Crippen LogP) is 1.19. The van der Waals surface area contributed by atoms with Gasteiger partial charge < -0.3 is 10.1 Å². The molecule has 1 aromatic heterocycles. The molecule has 0 saturated heterocycles. The van der Waals surface area contributed by atoms with Crippen LogP contribution in [-0.2, 0) is 16.4 Å². The van der Waals surface area contributed by atoms with E-state index in [4.69, 9.17) is 0 Å². The number of hydrogen-bond acceptors (Lipinski definition) is 4. The molecule has 1 aliphatic carbocycles. The van der Waals surface area contributed by atoms with Crippen LogP contribution in [0.5, 0.6) is 0 Å². The quantitative estimate of drug-likeness (QED) is 0.735. The Labute approximate surface area is 120 Å². The van der Waals surface area contributed by atoms with Gasteiger partial charge in [-0.2, -0.15) is 0 Å². The summed E-state index contributed by atoms with van der Waals surface area (Å²) in [6, 6.07) is 0. The lowest BCUT2D eigenvalue weighted by molar-refractivity contribution is 0.0867. The number of sulfonamides is 1. The molecule has 20 heavy (non-hydrogen) atoms. The third-order valence-corrected chi connectivity index (χ3v) is 5.43. The first-order chi connectivity index (χ1) is 9.51. The Morgan fingerprint density at radius 2 is 2.10 bits per heavy atom. The topological polar surface area (TPSA) is 95.1 Å². The molecule has 0 radical (unpaired) electrons. The number of H-pyrrole nitrogens is 1. The summed E-state index contributed by atoms with van der Waals surface area (Å²) in [6.45, 7) is 2.22. The number of nitrogens with one attached hydrogen (secondary N) is 2. The van der Waals surface area contributed by atoms with Crippen LogP contribution in [0.4, 0.5) is 0 Å². The summed E-state index contributed by atoms with van der Waals surface area (Å²) in [5, 5.41) is 9.69. The third-order valence-electron chi connectivity index (χ3n) is 4.12. The largest absolute Gasteiger partial charge is 0.396 e. The molecule has 1 heterocycles. The molecule has 114 valence electrons. The van der Waals surface area contributed by atoms with Crippen molar-refractivity contribution in [3.05, 3.63) is 12.0 Å². The third kappa shape index (κ3) is 3.39. The van der Waals surface area contributed by atoms with E-state index in [1.165, 1.54) is 6.20 Å². The van der Waals surface area contributed by atoms with Crippen LogP contribution in [0.1, 0.15) is 44.9 Å². The van der Waals surface area contributed by atoms with Gasteiger partial charge in [0.2, 0.25) is 0 Å². The van der Waals surface area contributed by atoms with Crippen molar-refractivity contribution in [2.24, 2.45) is 5.41 Å². The molecule has 1 fully saturated rings. The minimum atomic E-state index is -3.58. The number of aromatic amines is 1. The molecule has 3 N–H and O–H groups in total. The second-order valence-electron chi connectivity index (χ2n) is 5.59. The second kappa shape index (κ2) is 6.24. The first-order valence-electron chi connectivity index (χ1n) is 7.16. The van der Waals surface area contributed by atoms with E-state index in [2.05, 4.69) is 14.7 Å². The highest BCUT2D eigenvalue weighted by molar-refractivity contribution is 7.89. The SMILES string of the molecule is CCc1ncc(S(=O)(=O)NCC2(CO)CCCCC2)[nH]1. The number of hydrogen-bond donors (Lipinski definition) is 3. The van der Waals surface area contributed by atoms with Gasteiger partial charge in [-0.05, 0) is 12.8 Å². The summed E-state index contributed by atoms with van der Waals surface area (Å²) in [7, 11) is -3.58. The van der Waals surface area contributed by atoms with Crippen LogP contribution < -0.4 is 4.72 Å². The van der Waals surface area contributed by atoms with Gasteiger partial charge in [-0.1, -0.05) is 26.2 Å². The number of aliphatic hydroxyl groups excluding tert-OH is 1. The van der Waals surface area contributed by atoms with E-state index in [0.717, 1.165) is 32.1 Å². The van der Waals surface area contributed by atoms with Crippen LogP contribution in [0.2, 0.25) is 0 Å². The number of imidazole rings is 1. The zero-order valence-corrected chi connectivity index (χ0v) is 12.7. The number of aromatic nitrogens is 2. The van der Waals surface area contributed by atoms with E-state index >= 15 is 0 Å². The van der Waals surface area contributed by atoms with Gasteiger partial charge in [0.25, 0.3) is 10.0 Å². The van der Waals surface area contributed by atoms with Gasteiger partial charge in [0, 0.05) is 25.0 Å². The van der Waals surface area contributed by atoms with E-state index in [-0.39, 0.29) is 23.6 Å². The smallest absolute Gasteiger partial charge is 0.257 e. The van der Waals surface area contributed by atoms with E-state index < -0.39 is 10.0 Å². The van der Waals surface area contributed by atoms with Crippen molar-refractivity contribution in [3.8, 4) is 0 Å². The maximum Gasteiger partial charge on any atom is 0.257 e. The Morgan fingerprint density at radius 1 is 1.40 bits per heavy atom. The van der Waals surface area contributed by atoms with Crippen molar-refractivity contribution < 1.29 is 13.5 Å². The standard InChI is InChI=1S/C13H23N3O3S/c1-2-11-14-8-12(16-11)20(18,19)15-9-13(10-17)6-4-3-5-7-13/h8,15,17H,2-7,9-10H2,1H3,(H,14,16). The fraction of sp³-hybridized carbons (Fsp3) is 0.769. The fourth-order valence-electron chi connectivity index (χ4n) is 2.68. The summed E-state index contributed by atoms with van der Waals surface area (Å²) < 4.78 is 27.0. The highest BCUT2D eigenvalue weighted by Crippen LogP contribution is 2.35. The predicted molar refractivity (Wildman–Crippen MR) is 75.8 cm³/mol. The number of aryl methyl sites for hydroxylation is 1. The van der Waals surface area contributed by atoms with Crippen LogP contribution in [0.15, 0.2) is 11.2 Å². The van der Waals surface area contributed by atoms with Crippen LogP contribution in [0, 0.1) is 5.41 Å². The van der Waals surface area contributed by atoms with Crippen molar-refractivity contribution in [2.45, 2.75) is 50.5 Å². The molecule has 0 atom stereocenters. The summed E-state index contributed by atoms with van der Waals surface area (Å²) in [6.07, 6.45) is 7.00. The molecule has 0 bridgehead atoms. The lowest BCUT2D eigenvalue weighted by Gasteiger charge is -2.35. The zero-order chi connectivity index (χ0) is 14.6. The second-order valence-corrected chi connectivity index (χ2v) is 7.33. The van der Waals surface area contributed by atoms with Crippen LogP contribution in [0.3, 0.4) is 0 Å². The highest BCUT2D eigenvalue weighted by Gasteiger charge is 2.33. The average molecular weight is 301 g/mol. The van der Waals surface area contributed by atoms with E-state index in [9.17, 15) is 13.5 Å². The van der Waals surface area contributed by atoms with Gasteiger partial charge in [0.15, 0.2) is 5.03 Å². The maximum absolute atomic E-state index is 12.2. The molecule has 6 nitrogen and oxygen atoms in total. The zero-order valence-electron chi connectivity index (χ0n) is 11.9. The molecule has 2 rings (SSSR count). The molecular weight excluding hydrogens is 278 g/mol. The van der Waals surface area contributed by atoms with Crippen LogP contribution in [-0.4, -0.2) is 36.6 Å². The minimum Gasteiger partial charge on any atom is -0.396 e. The van der Waals surface area contributed by atoms with E-state index in [1.54, 1.807) is 0 Å². The first-order valence-corrected chi connectivity index (χ1v) is 8.64. The Bertz CT molecular complexity index is 533. The monoisotopic (exact) mass is 301 g/mol. The number of nitrogens with zero attached hydrogens (tertiary/aromatic N) is 1. The van der Waals surface area contributed by atoms with Gasteiger partial charge in [0.1, 0.15) is 5.82 Å². The Balaban J connectivity index is 2.04. The normalized spacial score (nSPS) is 19.1. The summed E-state index contributed by atoms with van der Waals surface area (Å²) in [5.74, 6) is 0.653. The Kier molecular flexibility index (Phi) is 4.82. The van der Waals surface area contributed by atoms with Gasteiger partial charge in [-0.25, -0.2) is 18.1 Å². The molecule has 1 aromatic rings. The molecule has 0 aliphatic heterocycles. The average Bonchev–Trinajstić information content (AvgIpc) is 2.96. The van der Waals surface area contributed by atoms with Crippen LogP contribution in [0.25, 0.3) is 0 Å². The molecule has 0 spiro atoms. The van der Waals surface area contributed by atoms with Crippen molar-refractivity contribution in [1.82, 2.24) is 14.7 Å². The minimum absolute atomic E-state index is 0.0265. The number of rotatable bonds is 6. The molecule has 1 aliphatic rings. The van der Waals surface area contributed by atoms with Crippen molar-refractivity contribution >= 4 is 10.0 Å².